The Balaban J connectivity index is 1.81. The molecule has 6 nitrogen and oxygen atoms in total. The topological polar surface area (TPSA) is 74.6 Å². The minimum atomic E-state index is -0.505. The van der Waals surface area contributed by atoms with Crippen molar-refractivity contribution in [2.24, 2.45) is 7.05 Å². The number of hydrogen-bond acceptors (Lipinski definition) is 4. The molecule has 2 N–H and O–H groups in total. The van der Waals surface area contributed by atoms with E-state index in [2.05, 4.69) is 0 Å². The van der Waals surface area contributed by atoms with Crippen molar-refractivity contribution in [3.63, 3.8) is 0 Å². The summed E-state index contributed by atoms with van der Waals surface area (Å²) in [5, 5.41) is 8.68. The highest BCUT2D eigenvalue weighted by Crippen LogP contribution is 2.29. The first-order valence-electron chi connectivity index (χ1n) is 6.56. The quantitative estimate of drug-likeness (QED) is 0.650. The monoisotopic (exact) mass is 305 g/mol. The van der Waals surface area contributed by atoms with Gasteiger partial charge in [0.15, 0.2) is 0 Å². The summed E-state index contributed by atoms with van der Waals surface area (Å²) >= 11 is 1.32. The van der Waals surface area contributed by atoms with Gasteiger partial charge in [0, 0.05) is 24.7 Å². The van der Waals surface area contributed by atoms with Crippen molar-refractivity contribution < 1.29 is 14.8 Å². The van der Waals surface area contributed by atoms with Gasteiger partial charge in [-0.05, 0) is 30.2 Å². The molecule has 0 radical (unpaired) electrons. The van der Waals surface area contributed by atoms with Crippen LogP contribution in [-0.2, 0) is 20.0 Å². The maximum atomic E-state index is 12.5. The van der Waals surface area contributed by atoms with Gasteiger partial charge in [0.1, 0.15) is 5.69 Å². The molecule has 0 saturated carbocycles. The van der Waals surface area contributed by atoms with Crippen molar-refractivity contribution in [3.05, 3.63) is 45.4 Å². The van der Waals surface area contributed by atoms with Crippen LogP contribution in [0.15, 0.2) is 24.4 Å². The van der Waals surface area contributed by atoms with Crippen LogP contribution in [0.3, 0.4) is 0 Å². The largest absolute Gasteiger partial charge is 0.347 e. The van der Waals surface area contributed by atoms with Gasteiger partial charge in [-0.1, -0.05) is 0 Å². The van der Waals surface area contributed by atoms with E-state index in [1.54, 1.807) is 27.1 Å². The number of aryl methyl sites for hydroxylation is 1. The van der Waals surface area contributed by atoms with E-state index < -0.39 is 5.91 Å². The Morgan fingerprint density at radius 3 is 2.90 bits per heavy atom. The third kappa shape index (κ3) is 2.45. The van der Waals surface area contributed by atoms with Crippen LogP contribution in [0.1, 0.15) is 30.6 Å². The molecule has 3 heterocycles. The number of amides is 2. The van der Waals surface area contributed by atoms with Crippen LogP contribution in [0.25, 0.3) is 0 Å². The molecule has 0 aromatic carbocycles. The van der Waals surface area contributed by atoms with Crippen LogP contribution in [0.4, 0.5) is 0 Å². The Kier molecular flexibility index (Phi) is 3.52. The molecule has 0 fully saturated rings. The fourth-order valence-electron chi connectivity index (χ4n) is 2.51. The molecule has 3 rings (SSSR count). The van der Waals surface area contributed by atoms with E-state index in [1.807, 2.05) is 19.3 Å². The highest BCUT2D eigenvalue weighted by molar-refractivity contribution is 7.14. The van der Waals surface area contributed by atoms with Crippen molar-refractivity contribution in [1.82, 2.24) is 14.9 Å². The van der Waals surface area contributed by atoms with Gasteiger partial charge < -0.3 is 9.47 Å². The van der Waals surface area contributed by atoms with Gasteiger partial charge in [0.2, 0.25) is 0 Å². The molecule has 0 saturated heterocycles. The predicted molar refractivity (Wildman–Crippen MR) is 77.4 cm³/mol. The number of carbonyl (C=O) groups is 2. The van der Waals surface area contributed by atoms with Crippen LogP contribution in [0, 0.1) is 0 Å². The van der Waals surface area contributed by atoms with Gasteiger partial charge in [-0.15, -0.1) is 11.3 Å². The van der Waals surface area contributed by atoms with Crippen LogP contribution in [0.5, 0.6) is 0 Å². The molecule has 0 unspecified atom stereocenters. The number of rotatable bonds is 2. The van der Waals surface area contributed by atoms with E-state index in [-0.39, 0.29) is 5.91 Å². The highest BCUT2D eigenvalue weighted by Gasteiger charge is 2.25. The minimum Gasteiger partial charge on any atom is -0.347 e. The first-order valence-corrected chi connectivity index (χ1v) is 7.38. The summed E-state index contributed by atoms with van der Waals surface area (Å²) < 4.78 is 1.80. The fourth-order valence-corrected chi connectivity index (χ4v) is 3.62. The number of thiophene rings is 1. The molecule has 0 atom stereocenters. The van der Waals surface area contributed by atoms with Gasteiger partial charge in [-0.25, -0.2) is 5.48 Å². The average Bonchev–Trinajstić information content (AvgIpc) is 3.10. The third-order valence-electron chi connectivity index (χ3n) is 3.66. The summed E-state index contributed by atoms with van der Waals surface area (Å²) in [5.41, 5.74) is 3.38. The van der Waals surface area contributed by atoms with E-state index >= 15 is 0 Å². The van der Waals surface area contributed by atoms with Crippen LogP contribution < -0.4 is 5.48 Å². The SMILES string of the molecule is Cn1cccc1C(=O)N1CCc2cc(C(=O)NO)sc2C1. The predicted octanol–water partition coefficient (Wildman–Crippen LogP) is 1.40. The first kappa shape index (κ1) is 13.8. The Bertz CT molecular complexity index is 704. The highest BCUT2D eigenvalue weighted by atomic mass is 32.1. The Morgan fingerprint density at radius 2 is 2.24 bits per heavy atom. The molecular formula is C14H15N3O3S. The standard InChI is InChI=1S/C14H15N3O3S/c1-16-5-2-3-10(16)14(19)17-6-4-9-7-11(13(18)15-20)21-12(9)8-17/h2-3,5,7,20H,4,6,8H2,1H3,(H,15,18). The molecule has 1 aliphatic rings. The normalized spacial score (nSPS) is 13.9. The lowest BCUT2D eigenvalue weighted by atomic mass is 10.1. The molecular weight excluding hydrogens is 290 g/mol. The summed E-state index contributed by atoms with van der Waals surface area (Å²) in [7, 11) is 1.84. The van der Waals surface area contributed by atoms with Crippen LogP contribution >= 0.6 is 11.3 Å². The summed E-state index contributed by atoms with van der Waals surface area (Å²) in [6.07, 6.45) is 2.57. The van der Waals surface area contributed by atoms with E-state index in [0.29, 0.717) is 23.7 Å². The van der Waals surface area contributed by atoms with Crippen LogP contribution in [0.2, 0.25) is 0 Å². The van der Waals surface area contributed by atoms with Crippen molar-refractivity contribution in [1.29, 1.82) is 0 Å². The van der Waals surface area contributed by atoms with Gasteiger partial charge in [-0.3, -0.25) is 14.8 Å². The molecule has 0 aliphatic carbocycles. The second kappa shape index (κ2) is 5.34. The maximum absolute atomic E-state index is 12.5. The molecule has 1 aliphatic heterocycles. The van der Waals surface area contributed by atoms with Crippen molar-refractivity contribution in [3.8, 4) is 0 Å². The summed E-state index contributed by atoms with van der Waals surface area (Å²) in [6, 6.07) is 5.43. The number of carbonyl (C=O) groups excluding carboxylic acids is 2. The molecule has 2 amide bonds. The number of hydrogen-bond donors (Lipinski definition) is 2. The zero-order chi connectivity index (χ0) is 15.0. The Morgan fingerprint density at radius 1 is 1.43 bits per heavy atom. The number of nitrogens with zero attached hydrogens (tertiary/aromatic N) is 2. The molecule has 0 bridgehead atoms. The van der Waals surface area contributed by atoms with Gasteiger partial charge >= 0.3 is 0 Å². The lowest BCUT2D eigenvalue weighted by molar-refractivity contribution is 0.0708. The maximum Gasteiger partial charge on any atom is 0.284 e. The number of nitrogens with one attached hydrogen (secondary N) is 1. The van der Waals surface area contributed by atoms with Crippen molar-refractivity contribution in [2.45, 2.75) is 13.0 Å². The molecule has 110 valence electrons. The smallest absolute Gasteiger partial charge is 0.284 e. The lowest BCUT2D eigenvalue weighted by Gasteiger charge is -2.27. The zero-order valence-corrected chi connectivity index (χ0v) is 12.3. The summed E-state index contributed by atoms with van der Waals surface area (Å²) in [6.45, 7) is 1.14. The van der Waals surface area contributed by atoms with Crippen molar-refractivity contribution in [2.75, 3.05) is 6.54 Å². The second-order valence-electron chi connectivity index (χ2n) is 4.98. The van der Waals surface area contributed by atoms with Crippen molar-refractivity contribution >= 4 is 23.2 Å². The molecule has 21 heavy (non-hydrogen) atoms. The number of aromatic nitrogens is 1. The van der Waals surface area contributed by atoms with E-state index in [9.17, 15) is 9.59 Å². The molecule has 7 heteroatoms. The molecule has 2 aromatic heterocycles. The van der Waals surface area contributed by atoms with E-state index in [4.69, 9.17) is 5.21 Å². The Labute approximate surface area is 125 Å². The van der Waals surface area contributed by atoms with E-state index in [1.165, 1.54) is 11.3 Å². The minimum absolute atomic E-state index is 0.00490. The number of fused-ring (bicyclic) bond motifs is 1. The fraction of sp³-hybridized carbons (Fsp3) is 0.286. The van der Waals surface area contributed by atoms with Gasteiger partial charge in [-0.2, -0.15) is 0 Å². The van der Waals surface area contributed by atoms with E-state index in [0.717, 1.165) is 16.9 Å². The second-order valence-corrected chi connectivity index (χ2v) is 6.12. The third-order valence-corrected chi connectivity index (χ3v) is 4.82. The molecule has 2 aromatic rings. The molecule has 0 spiro atoms. The lowest BCUT2D eigenvalue weighted by Crippen LogP contribution is -2.36. The Hall–Kier alpha value is -2.12. The van der Waals surface area contributed by atoms with Gasteiger partial charge in [0.25, 0.3) is 11.8 Å². The first-order chi connectivity index (χ1) is 10.1. The van der Waals surface area contributed by atoms with Gasteiger partial charge in [0.05, 0.1) is 11.4 Å². The number of hydroxylamine groups is 1. The summed E-state index contributed by atoms with van der Waals surface area (Å²) in [5.74, 6) is -0.510. The average molecular weight is 305 g/mol. The zero-order valence-electron chi connectivity index (χ0n) is 11.5. The van der Waals surface area contributed by atoms with Crippen LogP contribution in [-0.4, -0.2) is 33.0 Å². The summed E-state index contributed by atoms with van der Waals surface area (Å²) in [4.78, 5) is 27.2.